The van der Waals surface area contributed by atoms with Crippen molar-refractivity contribution in [3.63, 3.8) is 0 Å². The summed E-state index contributed by atoms with van der Waals surface area (Å²) in [6, 6.07) is 24.2. The summed E-state index contributed by atoms with van der Waals surface area (Å²) in [4.78, 5) is 53.5. The third-order valence-corrected chi connectivity index (χ3v) is 11.6. The molecule has 1 amide bonds. The number of benzene rings is 4. The zero-order chi connectivity index (χ0) is 42.8. The van der Waals surface area contributed by atoms with Gasteiger partial charge in [-0.1, -0.05) is 29.5 Å². The minimum atomic E-state index is -1.55. The van der Waals surface area contributed by atoms with Crippen molar-refractivity contribution in [1.82, 2.24) is 40.5 Å². The lowest BCUT2D eigenvalue weighted by atomic mass is 9.78. The van der Waals surface area contributed by atoms with Gasteiger partial charge in [-0.25, -0.2) is 29.1 Å². The van der Waals surface area contributed by atoms with Crippen molar-refractivity contribution in [3.05, 3.63) is 159 Å². The fourth-order valence-corrected chi connectivity index (χ4v) is 8.44. The predicted octanol–water partition coefficient (Wildman–Crippen LogP) is 6.30. The van der Waals surface area contributed by atoms with Crippen molar-refractivity contribution in [3.8, 4) is 17.2 Å². The Labute approximate surface area is 357 Å². The molecular formula is C45H38FN9O6S. The molecular weight excluding hydrogens is 814 g/mol. The topological polar surface area (TPSA) is 209 Å². The number of rotatable bonds is 15. The molecule has 0 radical (unpaired) electrons. The van der Waals surface area contributed by atoms with Gasteiger partial charge in [-0.2, -0.15) is 0 Å². The summed E-state index contributed by atoms with van der Waals surface area (Å²) in [7, 11) is 1.45. The van der Waals surface area contributed by atoms with Crippen LogP contribution in [0.2, 0.25) is 0 Å². The van der Waals surface area contributed by atoms with E-state index >= 15 is 0 Å². The number of fused-ring (bicyclic) bond motifs is 3. The third-order valence-electron chi connectivity index (χ3n) is 10.6. The Balaban J connectivity index is 0.825. The highest BCUT2D eigenvalue weighted by Gasteiger charge is 2.50. The molecule has 62 heavy (non-hydrogen) atoms. The van der Waals surface area contributed by atoms with E-state index in [-0.39, 0.29) is 47.6 Å². The Morgan fingerprint density at radius 1 is 0.903 bits per heavy atom. The standard InChI is InChI=1S/C45H38FN9O6S/c1-60-37-21-29(57)10-12-31(37)45(27-6-8-28(56)9-7-27)32-20-26(5-11-30(32)44(59)61-45)42(58)50-22-25-4-13-34-35(19-25)54-38(53-34)14-17-47-18-15-39-55-40-41(51-24-52-43(40)62-39)49-23-36-33(46)3-2-16-48-36/h2-13,16,19-21,24,47,56-57H,14-15,17-18,22-23H2,1H3,(H,50,58)(H,53,54)(H,49,51,52). The average Bonchev–Trinajstić information content (AvgIpc) is 3.98. The number of carbonyl (C=O) groups is 2. The minimum absolute atomic E-state index is 0.0221. The maximum absolute atomic E-state index is 14.1. The fourth-order valence-electron chi connectivity index (χ4n) is 7.54. The Bertz CT molecular complexity index is 2980. The average molecular weight is 852 g/mol. The zero-order valence-electron chi connectivity index (χ0n) is 33.1. The van der Waals surface area contributed by atoms with Crippen molar-refractivity contribution in [2.75, 3.05) is 25.5 Å². The van der Waals surface area contributed by atoms with Gasteiger partial charge >= 0.3 is 5.97 Å². The summed E-state index contributed by atoms with van der Waals surface area (Å²) in [5.41, 5.74) is 3.81. The zero-order valence-corrected chi connectivity index (χ0v) is 33.9. The first-order valence-corrected chi connectivity index (χ1v) is 20.4. The van der Waals surface area contributed by atoms with Gasteiger partial charge in [0.1, 0.15) is 45.6 Å². The number of hydrogen-bond donors (Lipinski definition) is 6. The lowest BCUT2D eigenvalue weighted by Gasteiger charge is -2.31. The molecule has 8 aromatic rings. The van der Waals surface area contributed by atoms with Crippen LogP contribution in [-0.4, -0.2) is 72.2 Å². The largest absolute Gasteiger partial charge is 0.508 e. The highest BCUT2D eigenvalue weighted by molar-refractivity contribution is 7.18. The molecule has 0 fully saturated rings. The van der Waals surface area contributed by atoms with Crippen LogP contribution in [0, 0.1) is 5.82 Å². The smallest absolute Gasteiger partial charge is 0.340 e. The molecule has 1 unspecified atom stereocenters. The van der Waals surface area contributed by atoms with E-state index in [4.69, 9.17) is 19.4 Å². The van der Waals surface area contributed by atoms with Gasteiger partial charge in [-0.3, -0.25) is 9.78 Å². The molecule has 0 aliphatic carbocycles. The number of thiazole rings is 1. The number of phenolic OH excluding ortho intramolecular Hbond substituents is 2. The van der Waals surface area contributed by atoms with E-state index in [0.717, 1.165) is 32.3 Å². The number of H-pyrrole nitrogens is 1. The number of nitrogens with zero attached hydrogens (tertiary/aromatic N) is 5. The number of carbonyl (C=O) groups excluding carboxylic acids is 2. The summed E-state index contributed by atoms with van der Waals surface area (Å²) in [6.07, 6.45) is 4.36. The van der Waals surface area contributed by atoms with Crippen LogP contribution >= 0.6 is 11.3 Å². The van der Waals surface area contributed by atoms with Crippen molar-refractivity contribution in [2.45, 2.75) is 31.5 Å². The van der Waals surface area contributed by atoms with Crippen molar-refractivity contribution >= 4 is 50.4 Å². The number of methoxy groups -OCH3 is 1. The summed E-state index contributed by atoms with van der Waals surface area (Å²) in [5, 5.41) is 30.8. The summed E-state index contributed by atoms with van der Waals surface area (Å²) < 4.78 is 25.8. The van der Waals surface area contributed by atoms with Crippen LogP contribution < -0.4 is 20.7 Å². The van der Waals surface area contributed by atoms with Gasteiger partial charge in [-0.05, 0) is 72.3 Å². The Morgan fingerprint density at radius 3 is 2.58 bits per heavy atom. The molecule has 4 aromatic heterocycles. The molecule has 0 saturated carbocycles. The second-order valence-electron chi connectivity index (χ2n) is 14.5. The molecule has 0 bridgehead atoms. The van der Waals surface area contributed by atoms with Crippen LogP contribution in [-0.2, 0) is 36.3 Å². The summed E-state index contributed by atoms with van der Waals surface area (Å²) in [6.45, 7) is 1.77. The first kappa shape index (κ1) is 39.9. The molecule has 1 aliphatic heterocycles. The molecule has 4 aromatic carbocycles. The molecule has 0 spiro atoms. The monoisotopic (exact) mass is 851 g/mol. The number of aromatic hydroxyl groups is 2. The molecule has 9 rings (SSSR count). The van der Waals surface area contributed by atoms with Gasteiger partial charge in [0.25, 0.3) is 5.91 Å². The van der Waals surface area contributed by atoms with Crippen LogP contribution in [0.5, 0.6) is 17.2 Å². The number of aromatic amines is 1. The molecule has 0 saturated heterocycles. The van der Waals surface area contributed by atoms with Crippen LogP contribution in [0.25, 0.3) is 21.4 Å². The number of aromatic nitrogens is 6. The molecule has 1 atom stereocenters. The van der Waals surface area contributed by atoms with Crippen molar-refractivity contribution in [1.29, 1.82) is 0 Å². The lowest BCUT2D eigenvalue weighted by molar-refractivity contribution is 0.0245. The number of imidazole rings is 1. The quantitative estimate of drug-likeness (QED) is 0.0495. The molecule has 312 valence electrons. The first-order chi connectivity index (χ1) is 30.2. The van der Waals surface area contributed by atoms with Gasteiger partial charge in [0.15, 0.2) is 11.4 Å². The highest BCUT2D eigenvalue weighted by Crippen LogP contribution is 2.50. The number of phenols is 2. The predicted molar refractivity (Wildman–Crippen MR) is 229 cm³/mol. The summed E-state index contributed by atoms with van der Waals surface area (Å²) in [5.74, 6) is 0.244. The minimum Gasteiger partial charge on any atom is -0.508 e. The third kappa shape index (κ3) is 7.81. The fraction of sp³-hybridized carbons (Fsp3) is 0.178. The number of esters is 1. The Morgan fingerprint density at radius 2 is 1.74 bits per heavy atom. The SMILES string of the molecule is COc1cc(O)ccc1C1(c2ccc(O)cc2)OC(=O)c2ccc(C(=O)NCc3ccc4nc(CCNCCc5nc6c(NCc7ncccc7F)ncnc6s5)[nH]c4c3)cc21. The molecule has 1 aliphatic rings. The number of ether oxygens (including phenoxy) is 2. The second kappa shape index (κ2) is 16.9. The first-order valence-electron chi connectivity index (χ1n) is 19.6. The molecule has 15 nitrogen and oxygen atoms in total. The van der Waals surface area contributed by atoms with Crippen LogP contribution in [0.15, 0.2) is 104 Å². The molecule has 5 heterocycles. The number of anilines is 1. The van der Waals surface area contributed by atoms with Gasteiger partial charge in [0.2, 0.25) is 0 Å². The van der Waals surface area contributed by atoms with Gasteiger partial charge in [0.05, 0.1) is 41.0 Å². The maximum Gasteiger partial charge on any atom is 0.340 e. The number of hydrogen-bond acceptors (Lipinski definition) is 14. The second-order valence-corrected chi connectivity index (χ2v) is 15.6. The van der Waals surface area contributed by atoms with E-state index in [1.54, 1.807) is 48.7 Å². The van der Waals surface area contributed by atoms with Crippen LogP contribution in [0.1, 0.15) is 59.5 Å². The van der Waals surface area contributed by atoms with Crippen molar-refractivity contribution < 1.29 is 33.7 Å². The van der Waals surface area contributed by atoms with E-state index in [1.165, 1.54) is 55.1 Å². The Hall–Kier alpha value is -7.50. The van der Waals surface area contributed by atoms with Gasteiger partial charge < -0.3 is 40.6 Å². The van der Waals surface area contributed by atoms with Crippen LogP contribution in [0.4, 0.5) is 10.2 Å². The Kier molecular flexibility index (Phi) is 10.9. The lowest BCUT2D eigenvalue weighted by Crippen LogP contribution is -2.30. The normalized spacial score (nSPS) is 14.5. The van der Waals surface area contributed by atoms with Gasteiger partial charge in [-0.15, -0.1) is 0 Å². The van der Waals surface area contributed by atoms with Gasteiger partial charge in [0, 0.05) is 67.0 Å². The van der Waals surface area contributed by atoms with E-state index < -0.39 is 11.6 Å². The number of cyclic esters (lactones) is 1. The number of halogens is 1. The van der Waals surface area contributed by atoms with Crippen molar-refractivity contribution in [2.24, 2.45) is 0 Å². The van der Waals surface area contributed by atoms with Crippen LogP contribution in [0.3, 0.4) is 0 Å². The van der Waals surface area contributed by atoms with E-state index in [1.807, 2.05) is 18.2 Å². The summed E-state index contributed by atoms with van der Waals surface area (Å²) >= 11 is 1.49. The van der Waals surface area contributed by atoms with E-state index in [9.17, 15) is 24.2 Å². The number of amides is 1. The highest BCUT2D eigenvalue weighted by atomic mass is 32.1. The van der Waals surface area contributed by atoms with E-state index in [2.05, 4.69) is 35.9 Å². The maximum atomic E-state index is 14.1. The molecule has 6 N–H and O–H groups in total. The number of nitrogens with one attached hydrogen (secondary N) is 4. The van der Waals surface area contributed by atoms with E-state index in [0.29, 0.717) is 65.2 Å². The molecule has 17 heteroatoms. The number of pyridine rings is 1.